The van der Waals surface area contributed by atoms with Crippen LogP contribution in [0.1, 0.15) is 42.5 Å². The van der Waals surface area contributed by atoms with Gasteiger partial charge >= 0.3 is 0 Å². The average molecular weight is 529 g/mol. The first kappa shape index (κ1) is 26.5. The van der Waals surface area contributed by atoms with Crippen molar-refractivity contribution in [2.75, 3.05) is 0 Å². The van der Waals surface area contributed by atoms with E-state index < -0.39 is 0 Å². The molecule has 0 aliphatic heterocycles. The molecule has 0 aromatic heterocycles. The summed E-state index contributed by atoms with van der Waals surface area (Å²) in [5.41, 5.74) is 13.0. The summed E-state index contributed by atoms with van der Waals surface area (Å²) in [6.45, 7) is 8.49. The molecule has 0 saturated carbocycles. The van der Waals surface area contributed by atoms with Gasteiger partial charge in [0, 0.05) is 0 Å². The van der Waals surface area contributed by atoms with E-state index in [-0.39, 0.29) is 0 Å². The molecule has 0 atom stereocenters. The molecule has 0 spiro atoms. The van der Waals surface area contributed by atoms with Crippen LogP contribution in [0.15, 0.2) is 121 Å². The summed E-state index contributed by atoms with van der Waals surface area (Å²) >= 11 is 0. The van der Waals surface area contributed by atoms with Gasteiger partial charge in [0.25, 0.3) is 0 Å². The predicted octanol–water partition coefficient (Wildman–Crippen LogP) is 12.1. The SMILES string of the molecule is CC.Cc1ccc(-c2c3c(c(-c4ccccc4)c4ccccc24)C=CCC=C3)cc1-c1ccc2ccccc2c1C. The van der Waals surface area contributed by atoms with Crippen LogP contribution in [-0.4, -0.2) is 0 Å². The van der Waals surface area contributed by atoms with Gasteiger partial charge in [0.1, 0.15) is 0 Å². The van der Waals surface area contributed by atoms with Crippen molar-refractivity contribution >= 4 is 33.7 Å². The molecule has 1 aliphatic rings. The molecule has 41 heavy (non-hydrogen) atoms. The van der Waals surface area contributed by atoms with Gasteiger partial charge < -0.3 is 0 Å². The Morgan fingerprint density at radius 2 is 1.07 bits per heavy atom. The van der Waals surface area contributed by atoms with Crippen LogP contribution < -0.4 is 0 Å². The Labute approximate surface area is 244 Å². The maximum atomic E-state index is 2.42. The number of aryl methyl sites for hydroxylation is 2. The van der Waals surface area contributed by atoms with Crippen molar-refractivity contribution in [1.82, 2.24) is 0 Å². The van der Waals surface area contributed by atoms with Gasteiger partial charge in [0.05, 0.1) is 0 Å². The van der Waals surface area contributed by atoms with E-state index in [0.717, 1.165) is 6.42 Å². The van der Waals surface area contributed by atoms with Gasteiger partial charge in [-0.1, -0.05) is 141 Å². The van der Waals surface area contributed by atoms with Gasteiger partial charge in [-0.05, 0) is 104 Å². The third-order valence-electron chi connectivity index (χ3n) is 8.21. The standard InChI is InChI=1S/C39H30.C2H6/c1-26-21-22-30(25-37(26)32-24-23-28-13-9-10-16-31(28)27(32)2)39-35-18-8-4-7-17-33(35)38(29-14-5-3-6-15-29)34-19-11-12-20-36(34)39;1-2/h3,5-25H,4H2,1-2H3;1-2H3. The van der Waals surface area contributed by atoms with Crippen molar-refractivity contribution in [2.45, 2.75) is 34.1 Å². The molecule has 7 rings (SSSR count). The maximum Gasteiger partial charge on any atom is -0.00263 e. The van der Waals surface area contributed by atoms with Crippen molar-refractivity contribution < 1.29 is 0 Å². The van der Waals surface area contributed by atoms with Crippen LogP contribution in [-0.2, 0) is 0 Å². The highest BCUT2D eigenvalue weighted by Gasteiger charge is 2.20. The Hall–Kier alpha value is -4.68. The van der Waals surface area contributed by atoms with Gasteiger partial charge in [-0.2, -0.15) is 0 Å². The molecule has 0 unspecified atom stereocenters. The Balaban J connectivity index is 0.00000148. The van der Waals surface area contributed by atoms with E-state index in [4.69, 9.17) is 0 Å². The molecule has 0 amide bonds. The molecule has 0 fully saturated rings. The second-order valence-corrected chi connectivity index (χ2v) is 10.5. The summed E-state index contributed by atoms with van der Waals surface area (Å²) in [6, 6.07) is 40.0. The number of hydrogen-bond acceptors (Lipinski definition) is 0. The zero-order valence-electron chi connectivity index (χ0n) is 24.4. The maximum absolute atomic E-state index is 2.42. The van der Waals surface area contributed by atoms with Crippen LogP contribution in [0.5, 0.6) is 0 Å². The van der Waals surface area contributed by atoms with E-state index in [9.17, 15) is 0 Å². The van der Waals surface area contributed by atoms with Crippen molar-refractivity contribution in [2.24, 2.45) is 0 Å². The topological polar surface area (TPSA) is 0 Å². The quantitative estimate of drug-likeness (QED) is 0.214. The van der Waals surface area contributed by atoms with E-state index in [1.807, 2.05) is 13.8 Å². The fraction of sp³-hybridized carbons (Fsp3) is 0.122. The summed E-state index contributed by atoms with van der Waals surface area (Å²) in [6.07, 6.45) is 10.2. The van der Waals surface area contributed by atoms with Gasteiger partial charge in [0.2, 0.25) is 0 Å². The minimum absolute atomic E-state index is 0.939. The first-order valence-electron chi connectivity index (χ1n) is 14.8. The van der Waals surface area contributed by atoms with Crippen molar-refractivity contribution in [3.05, 3.63) is 144 Å². The zero-order valence-corrected chi connectivity index (χ0v) is 24.4. The summed E-state index contributed by atoms with van der Waals surface area (Å²) in [7, 11) is 0. The highest BCUT2D eigenvalue weighted by Crippen LogP contribution is 2.45. The molecular formula is C41H36. The van der Waals surface area contributed by atoms with Crippen molar-refractivity contribution in [1.29, 1.82) is 0 Å². The number of hydrogen-bond donors (Lipinski definition) is 0. The Morgan fingerprint density at radius 1 is 0.488 bits per heavy atom. The summed E-state index contributed by atoms with van der Waals surface area (Å²) in [5, 5.41) is 5.19. The predicted molar refractivity (Wildman–Crippen MR) is 181 cm³/mol. The van der Waals surface area contributed by atoms with Crippen LogP contribution in [0.4, 0.5) is 0 Å². The molecule has 0 radical (unpaired) electrons. The fourth-order valence-electron chi connectivity index (χ4n) is 6.29. The molecule has 6 aromatic carbocycles. The number of benzene rings is 6. The first-order valence-corrected chi connectivity index (χ1v) is 14.8. The largest absolute Gasteiger partial charge is 0.0801 e. The van der Waals surface area contributed by atoms with Gasteiger partial charge in [-0.15, -0.1) is 0 Å². The number of fused-ring (bicyclic) bond motifs is 3. The second kappa shape index (κ2) is 11.4. The molecule has 200 valence electrons. The molecule has 0 saturated heterocycles. The Kier molecular flexibility index (Phi) is 7.40. The number of allylic oxidation sites excluding steroid dienone is 2. The van der Waals surface area contributed by atoms with Gasteiger partial charge in [-0.3, -0.25) is 0 Å². The molecule has 0 bridgehead atoms. The van der Waals surface area contributed by atoms with Crippen LogP contribution in [0.25, 0.3) is 67.1 Å². The summed E-state index contributed by atoms with van der Waals surface area (Å²) in [4.78, 5) is 0. The van der Waals surface area contributed by atoms with E-state index in [1.165, 1.54) is 77.2 Å². The highest BCUT2D eigenvalue weighted by atomic mass is 14.2. The van der Waals surface area contributed by atoms with Crippen LogP contribution >= 0.6 is 0 Å². The van der Waals surface area contributed by atoms with Crippen LogP contribution in [0, 0.1) is 13.8 Å². The number of rotatable bonds is 3. The van der Waals surface area contributed by atoms with Gasteiger partial charge in [-0.25, -0.2) is 0 Å². The highest BCUT2D eigenvalue weighted by molar-refractivity contribution is 6.12. The molecule has 0 heterocycles. The lowest BCUT2D eigenvalue weighted by Crippen LogP contribution is -1.97. The molecule has 0 heteroatoms. The third kappa shape index (κ3) is 4.70. The van der Waals surface area contributed by atoms with Crippen LogP contribution in [0.2, 0.25) is 0 Å². The van der Waals surface area contributed by atoms with E-state index in [0.29, 0.717) is 0 Å². The first-order chi connectivity index (χ1) is 20.2. The lowest BCUT2D eigenvalue weighted by atomic mass is 9.82. The molecular weight excluding hydrogens is 492 g/mol. The lowest BCUT2D eigenvalue weighted by Gasteiger charge is -2.21. The summed E-state index contributed by atoms with van der Waals surface area (Å²) < 4.78 is 0. The minimum Gasteiger partial charge on any atom is -0.0801 e. The smallest absolute Gasteiger partial charge is 0.00263 e. The summed E-state index contributed by atoms with van der Waals surface area (Å²) in [5.74, 6) is 0. The fourth-order valence-corrected chi connectivity index (χ4v) is 6.29. The zero-order chi connectivity index (χ0) is 28.3. The minimum atomic E-state index is 0.939. The van der Waals surface area contributed by atoms with Crippen molar-refractivity contribution in [3.8, 4) is 33.4 Å². The molecule has 0 nitrogen and oxygen atoms in total. The normalized spacial score (nSPS) is 12.1. The molecule has 6 aromatic rings. The average Bonchev–Trinajstić information content (AvgIpc) is 3.28. The van der Waals surface area contributed by atoms with E-state index >= 15 is 0 Å². The Morgan fingerprint density at radius 3 is 1.76 bits per heavy atom. The van der Waals surface area contributed by atoms with Gasteiger partial charge in [0.15, 0.2) is 0 Å². The molecule has 0 N–H and O–H groups in total. The van der Waals surface area contributed by atoms with Crippen molar-refractivity contribution in [3.63, 3.8) is 0 Å². The second-order valence-electron chi connectivity index (χ2n) is 10.5. The third-order valence-corrected chi connectivity index (χ3v) is 8.21. The molecule has 1 aliphatic carbocycles. The van der Waals surface area contributed by atoms with E-state index in [2.05, 4.69) is 147 Å². The van der Waals surface area contributed by atoms with Crippen LogP contribution in [0.3, 0.4) is 0 Å². The lowest BCUT2D eigenvalue weighted by molar-refractivity contribution is 1.43. The Bertz CT molecular complexity index is 1930. The monoisotopic (exact) mass is 528 g/mol. The van der Waals surface area contributed by atoms with E-state index in [1.54, 1.807) is 0 Å².